The molecular weight excluding hydrogens is 790 g/mol. The number of thiophene rings is 2. The van der Waals surface area contributed by atoms with Crippen molar-refractivity contribution in [2.75, 3.05) is 0 Å². The maximum Gasteiger partial charge on any atom is 0.415 e. The van der Waals surface area contributed by atoms with Gasteiger partial charge < -0.3 is 9.13 Å². The zero-order valence-corrected chi connectivity index (χ0v) is 32.8. The highest BCUT2D eigenvalue weighted by Gasteiger charge is 2.32. The number of nitriles is 1. The first kappa shape index (κ1) is 34.6. The van der Waals surface area contributed by atoms with Crippen molar-refractivity contribution >= 4 is 112 Å². The number of hydrogen-bond donors (Lipinski definition) is 0. The van der Waals surface area contributed by atoms with Crippen molar-refractivity contribution < 1.29 is 13.2 Å². The maximum absolute atomic E-state index is 14.6. The van der Waals surface area contributed by atoms with E-state index in [-0.39, 0.29) is 16.8 Å². The van der Waals surface area contributed by atoms with Crippen LogP contribution in [0.1, 0.15) is 11.1 Å². The van der Waals surface area contributed by atoms with E-state index in [1.54, 1.807) is 22.7 Å². The zero-order valence-electron chi connectivity index (χ0n) is 31.2. The lowest BCUT2D eigenvalue weighted by Crippen LogP contribution is -2.08. The van der Waals surface area contributed by atoms with Crippen LogP contribution in [-0.4, -0.2) is 9.13 Å². The molecule has 0 N–H and O–H groups in total. The van der Waals surface area contributed by atoms with Gasteiger partial charge in [0, 0.05) is 73.0 Å². The molecule has 0 bridgehead atoms. The molecule has 0 aliphatic heterocycles. The Morgan fingerprint density at radius 2 is 1.08 bits per heavy atom. The fraction of sp³-hybridized carbons (Fsp3) is 0.0196. The molecule has 0 radical (unpaired) electrons. The van der Waals surface area contributed by atoms with Gasteiger partial charge in [0.15, 0.2) is 5.69 Å². The minimum atomic E-state index is -4.71. The first-order valence-electron chi connectivity index (χ1n) is 19.2. The molecule has 0 spiro atoms. The largest absolute Gasteiger partial charge is 0.415 e. The molecule has 0 fully saturated rings. The molecule has 0 aliphatic carbocycles. The molecule has 0 saturated carbocycles. The summed E-state index contributed by atoms with van der Waals surface area (Å²) in [6, 6.07) is 51.0. The van der Waals surface area contributed by atoms with Crippen LogP contribution in [0.25, 0.3) is 111 Å². The summed E-state index contributed by atoms with van der Waals surface area (Å²) >= 11 is 3.39. The van der Waals surface area contributed by atoms with Gasteiger partial charge in [-0.05, 0) is 66.2 Å². The lowest BCUT2D eigenvalue weighted by Gasteiger charge is -2.21. The van der Waals surface area contributed by atoms with E-state index < -0.39 is 11.7 Å². The summed E-state index contributed by atoms with van der Waals surface area (Å²) in [5, 5.41) is 19.9. The summed E-state index contributed by atoms with van der Waals surface area (Å²) < 4.78 is 52.5. The highest BCUT2D eigenvalue weighted by Crippen LogP contribution is 2.49. The summed E-state index contributed by atoms with van der Waals surface area (Å²) in [6.07, 6.45) is -4.71. The Morgan fingerprint density at radius 1 is 0.550 bits per heavy atom. The molecule has 0 saturated heterocycles. The third-order valence-electron chi connectivity index (χ3n) is 11.8. The highest BCUT2D eigenvalue weighted by molar-refractivity contribution is 7.26. The van der Waals surface area contributed by atoms with Crippen LogP contribution in [0.4, 0.5) is 18.9 Å². The van der Waals surface area contributed by atoms with E-state index in [0.717, 1.165) is 96.1 Å². The van der Waals surface area contributed by atoms with Gasteiger partial charge in [0.1, 0.15) is 11.6 Å². The van der Waals surface area contributed by atoms with Crippen LogP contribution in [0.5, 0.6) is 0 Å². The Morgan fingerprint density at radius 3 is 1.65 bits per heavy atom. The van der Waals surface area contributed by atoms with Gasteiger partial charge in [-0.25, -0.2) is 4.85 Å². The molecule has 4 heterocycles. The second-order valence-corrected chi connectivity index (χ2v) is 17.1. The Hall–Kier alpha value is -7.43. The van der Waals surface area contributed by atoms with Crippen LogP contribution in [-0.2, 0) is 6.18 Å². The smallest absolute Gasteiger partial charge is 0.307 e. The minimum absolute atomic E-state index is 0.143. The van der Waals surface area contributed by atoms with Crippen LogP contribution in [0, 0.1) is 17.9 Å². The predicted octanol–water partition coefficient (Wildman–Crippen LogP) is 15.7. The van der Waals surface area contributed by atoms with Gasteiger partial charge in [-0.1, -0.05) is 91.0 Å². The second-order valence-electron chi connectivity index (χ2n) is 14.9. The number of hydrogen-bond acceptors (Lipinski definition) is 3. The lowest BCUT2D eigenvalue weighted by atomic mass is 9.95. The van der Waals surface area contributed by atoms with E-state index in [0.29, 0.717) is 16.9 Å². The van der Waals surface area contributed by atoms with Crippen molar-refractivity contribution in [3.05, 3.63) is 174 Å². The number of halogens is 3. The first-order valence-corrected chi connectivity index (χ1v) is 20.8. The van der Waals surface area contributed by atoms with Crippen LogP contribution >= 0.6 is 22.7 Å². The molecule has 0 unspecified atom stereocenters. The SMILES string of the molecule is [C-]#[N+]c1cc(-c2ccc(-n3c4ccccc4c4ccc5sc6ccccc6c5c43)c(C#N)c2-n2c3ccccc3c3ccc4sc5ccccc5c4c32)cc(C(F)(F)F)c1. The third-order valence-corrected chi connectivity index (χ3v) is 14.0. The first-order chi connectivity index (χ1) is 29.3. The maximum atomic E-state index is 14.6. The molecule has 4 nitrogen and oxygen atoms in total. The molecule has 60 heavy (non-hydrogen) atoms. The van der Waals surface area contributed by atoms with E-state index in [1.165, 1.54) is 6.07 Å². The Labute approximate surface area is 347 Å². The molecule has 0 atom stereocenters. The van der Waals surface area contributed by atoms with Gasteiger partial charge >= 0.3 is 6.18 Å². The molecule has 9 heteroatoms. The van der Waals surface area contributed by atoms with Crippen LogP contribution in [0.15, 0.2) is 152 Å². The quantitative estimate of drug-likeness (QED) is 0.164. The van der Waals surface area contributed by atoms with E-state index in [9.17, 15) is 18.4 Å². The number of fused-ring (bicyclic) bond motifs is 14. The molecule has 0 aliphatic rings. The summed E-state index contributed by atoms with van der Waals surface area (Å²) in [4.78, 5) is 3.49. The molecule has 12 aromatic rings. The topological polar surface area (TPSA) is 38.0 Å². The van der Waals surface area contributed by atoms with Gasteiger partial charge in [0.05, 0.1) is 40.0 Å². The van der Waals surface area contributed by atoms with Gasteiger partial charge in [-0.2, -0.15) is 18.4 Å². The van der Waals surface area contributed by atoms with Crippen molar-refractivity contribution in [1.82, 2.24) is 9.13 Å². The predicted molar refractivity (Wildman–Crippen MR) is 242 cm³/mol. The number of aromatic nitrogens is 2. The average molecular weight is 815 g/mol. The van der Waals surface area contributed by atoms with Crippen LogP contribution in [0.2, 0.25) is 0 Å². The molecule has 0 amide bonds. The molecule has 282 valence electrons. The summed E-state index contributed by atoms with van der Waals surface area (Å²) in [5.41, 5.74) is 4.34. The van der Waals surface area contributed by atoms with Gasteiger partial charge in [-0.3, -0.25) is 0 Å². The van der Waals surface area contributed by atoms with Crippen molar-refractivity contribution in [3.8, 4) is 28.6 Å². The number of alkyl halides is 3. The van der Waals surface area contributed by atoms with Crippen molar-refractivity contribution in [2.24, 2.45) is 0 Å². The Bertz CT molecular complexity index is 3920. The van der Waals surface area contributed by atoms with E-state index in [2.05, 4.69) is 86.8 Å². The number of nitrogens with zero attached hydrogens (tertiary/aromatic N) is 4. The van der Waals surface area contributed by atoms with E-state index in [1.807, 2.05) is 66.7 Å². The average Bonchev–Trinajstić information content (AvgIpc) is 4.02. The Kier molecular flexibility index (Phi) is 7.23. The van der Waals surface area contributed by atoms with Crippen LogP contribution < -0.4 is 0 Å². The summed E-state index contributed by atoms with van der Waals surface area (Å²) in [6.45, 7) is 7.83. The molecule has 4 aromatic heterocycles. The monoisotopic (exact) mass is 814 g/mol. The van der Waals surface area contributed by atoms with Gasteiger partial charge in [0.25, 0.3) is 0 Å². The fourth-order valence-corrected chi connectivity index (χ4v) is 11.6. The lowest BCUT2D eigenvalue weighted by molar-refractivity contribution is -0.137. The normalized spacial score (nSPS) is 12.2. The zero-order chi connectivity index (χ0) is 40.4. The van der Waals surface area contributed by atoms with Crippen molar-refractivity contribution in [3.63, 3.8) is 0 Å². The fourth-order valence-electron chi connectivity index (χ4n) is 9.35. The standard InChI is InChI=1S/C51H25F3N4S2/c1-56-30-25-28(24-29(26-30)51(52,53)54)31-18-21-41(57-39-14-6-2-10-32(39)34-19-22-44-46(49(34)57)36-12-4-8-16-42(36)59-44)38(27-55)48(31)58-40-15-7-3-11-33(40)35-20-23-45-47(50(35)58)37-13-5-9-17-43(37)60-45/h2-26H. The molecular formula is C51H25F3N4S2. The van der Waals surface area contributed by atoms with E-state index in [4.69, 9.17) is 6.57 Å². The second kappa shape index (κ2) is 12.5. The number of para-hydroxylation sites is 2. The summed E-state index contributed by atoms with van der Waals surface area (Å²) in [5.74, 6) is 0. The van der Waals surface area contributed by atoms with E-state index >= 15 is 0 Å². The highest BCUT2D eigenvalue weighted by atomic mass is 32.1. The number of rotatable bonds is 3. The van der Waals surface area contributed by atoms with Gasteiger partial charge in [-0.15, -0.1) is 22.7 Å². The minimum Gasteiger partial charge on any atom is -0.307 e. The molecule has 12 rings (SSSR count). The summed E-state index contributed by atoms with van der Waals surface area (Å²) in [7, 11) is 0. The van der Waals surface area contributed by atoms with Crippen molar-refractivity contribution in [1.29, 1.82) is 5.26 Å². The third kappa shape index (κ3) is 4.76. The van der Waals surface area contributed by atoms with Crippen molar-refractivity contribution in [2.45, 2.75) is 6.18 Å². The number of benzene rings is 8. The Balaban J connectivity index is 1.32. The van der Waals surface area contributed by atoms with Crippen LogP contribution in [0.3, 0.4) is 0 Å². The van der Waals surface area contributed by atoms with Gasteiger partial charge in [0.2, 0.25) is 0 Å². The molecule has 8 aromatic carbocycles.